The average molecular weight is 798 g/mol. The largest absolute Gasteiger partial charge is 0.460 e. The van der Waals surface area contributed by atoms with Gasteiger partial charge in [-0.15, -0.1) is 0 Å². The van der Waals surface area contributed by atoms with Crippen LogP contribution in [0.3, 0.4) is 0 Å². The Morgan fingerprint density at radius 1 is 0.500 bits per heavy atom. The number of allylic oxidation sites excluding steroid dienone is 1. The highest BCUT2D eigenvalue weighted by molar-refractivity contribution is 6.25. The number of benzene rings is 8. The molecule has 0 amide bonds. The molecule has 2 aliphatic carbocycles. The summed E-state index contributed by atoms with van der Waals surface area (Å²) in [6.45, 7) is 0. The Balaban J connectivity index is 0.976. The van der Waals surface area contributed by atoms with Crippen LogP contribution in [0.2, 0.25) is 0 Å². The van der Waals surface area contributed by atoms with E-state index in [0.29, 0.717) is 0 Å². The van der Waals surface area contributed by atoms with E-state index < -0.39 is 0 Å². The number of aryl methyl sites for hydroxylation is 1. The number of fused-ring (bicyclic) bond motifs is 9. The Morgan fingerprint density at radius 3 is 2.00 bits per heavy atom. The Bertz CT molecular complexity index is 3750. The molecule has 3 aliphatic rings. The summed E-state index contributed by atoms with van der Waals surface area (Å²) >= 11 is 0. The van der Waals surface area contributed by atoms with E-state index in [0.717, 1.165) is 104 Å². The molecule has 3 heterocycles. The van der Waals surface area contributed by atoms with Crippen LogP contribution < -0.4 is 15.8 Å². The first-order chi connectivity index (χ1) is 30.7. The number of nitrogens with one attached hydrogen (secondary N) is 1. The Labute approximate surface area is 357 Å². The molecule has 62 heavy (non-hydrogen) atoms. The van der Waals surface area contributed by atoms with Crippen molar-refractivity contribution < 1.29 is 8.83 Å². The van der Waals surface area contributed by atoms with Gasteiger partial charge in [0.2, 0.25) is 0 Å². The molecule has 294 valence electrons. The lowest BCUT2D eigenvalue weighted by Crippen LogP contribution is -2.42. The molecular formula is C57H39N3O2. The number of furan rings is 2. The van der Waals surface area contributed by atoms with Crippen LogP contribution in [0.4, 0.5) is 0 Å². The molecule has 8 aromatic carbocycles. The van der Waals surface area contributed by atoms with E-state index in [9.17, 15) is 0 Å². The molecule has 5 heteroatoms. The predicted octanol–water partition coefficient (Wildman–Crippen LogP) is 12.3. The van der Waals surface area contributed by atoms with Crippen LogP contribution in [0.1, 0.15) is 41.7 Å². The van der Waals surface area contributed by atoms with Crippen LogP contribution in [0.15, 0.2) is 195 Å². The van der Waals surface area contributed by atoms with E-state index in [2.05, 4.69) is 175 Å². The maximum absolute atomic E-state index is 6.66. The van der Waals surface area contributed by atoms with Crippen molar-refractivity contribution in [3.8, 4) is 11.1 Å². The number of hydrogen-bond acceptors (Lipinski definition) is 5. The first-order valence-corrected chi connectivity index (χ1v) is 21.6. The zero-order valence-corrected chi connectivity index (χ0v) is 33.9. The van der Waals surface area contributed by atoms with Gasteiger partial charge in [-0.2, -0.15) is 0 Å². The van der Waals surface area contributed by atoms with Crippen LogP contribution >= 0.6 is 0 Å². The lowest BCUT2D eigenvalue weighted by molar-refractivity contribution is 0.543. The van der Waals surface area contributed by atoms with Gasteiger partial charge in [0.05, 0.1) is 0 Å². The third-order valence-electron chi connectivity index (χ3n) is 13.1. The molecule has 2 aromatic heterocycles. The molecule has 1 N–H and O–H groups in total. The van der Waals surface area contributed by atoms with Crippen LogP contribution in [0.25, 0.3) is 82.3 Å². The average Bonchev–Trinajstić information content (AvgIpc) is 3.92. The molecule has 0 saturated carbocycles. The second-order valence-electron chi connectivity index (χ2n) is 16.7. The van der Waals surface area contributed by atoms with Gasteiger partial charge in [-0.1, -0.05) is 140 Å². The summed E-state index contributed by atoms with van der Waals surface area (Å²) in [6, 6.07) is 60.6. The summed E-state index contributed by atoms with van der Waals surface area (Å²) in [5, 5.41) is 14.4. The first-order valence-electron chi connectivity index (χ1n) is 21.6. The van der Waals surface area contributed by atoms with Gasteiger partial charge in [0.15, 0.2) is 5.84 Å². The quantitative estimate of drug-likeness (QED) is 0.189. The zero-order valence-electron chi connectivity index (χ0n) is 33.9. The van der Waals surface area contributed by atoms with Crippen molar-refractivity contribution in [3.63, 3.8) is 0 Å². The predicted molar refractivity (Wildman–Crippen MR) is 255 cm³/mol. The number of hydrogen-bond donors (Lipinski definition) is 1. The second-order valence-corrected chi connectivity index (χ2v) is 16.7. The highest BCUT2D eigenvalue weighted by Gasteiger charge is 2.31. The molecule has 10 aromatic rings. The molecule has 1 aliphatic heterocycles. The molecule has 0 bridgehead atoms. The summed E-state index contributed by atoms with van der Waals surface area (Å²) in [6.07, 6.45) is 5.40. The van der Waals surface area contributed by atoms with Gasteiger partial charge in [0.1, 0.15) is 34.5 Å². The summed E-state index contributed by atoms with van der Waals surface area (Å²) < 4.78 is 13.1. The van der Waals surface area contributed by atoms with Crippen molar-refractivity contribution in [2.45, 2.75) is 31.8 Å². The van der Waals surface area contributed by atoms with E-state index in [1.165, 1.54) is 48.7 Å². The number of rotatable bonds is 5. The number of amidine groups is 2. The van der Waals surface area contributed by atoms with E-state index in [1.54, 1.807) is 0 Å². The van der Waals surface area contributed by atoms with Crippen LogP contribution in [0.5, 0.6) is 0 Å². The van der Waals surface area contributed by atoms with Crippen molar-refractivity contribution >= 4 is 82.8 Å². The Morgan fingerprint density at radius 2 is 1.16 bits per heavy atom. The Hall–Kier alpha value is -7.76. The van der Waals surface area contributed by atoms with Gasteiger partial charge in [-0.25, -0.2) is 9.98 Å². The maximum Gasteiger partial charge on any atom is 0.155 e. The lowest BCUT2D eigenvalue weighted by Gasteiger charge is -2.28. The normalized spacial score (nSPS) is 16.3. The molecule has 0 radical (unpaired) electrons. The number of aliphatic imine (C=N–C) groups is 2. The summed E-state index contributed by atoms with van der Waals surface area (Å²) in [4.78, 5) is 10.9. The van der Waals surface area contributed by atoms with E-state index in [1.807, 2.05) is 6.07 Å². The van der Waals surface area contributed by atoms with Crippen LogP contribution in [-0.2, 0) is 6.42 Å². The molecule has 0 saturated heterocycles. The fourth-order valence-corrected chi connectivity index (χ4v) is 10.2. The smallest absolute Gasteiger partial charge is 0.155 e. The van der Waals surface area contributed by atoms with Crippen molar-refractivity contribution in [1.29, 1.82) is 0 Å². The van der Waals surface area contributed by atoms with Crippen molar-refractivity contribution in [2.75, 3.05) is 0 Å². The van der Waals surface area contributed by atoms with Gasteiger partial charge < -0.3 is 14.2 Å². The van der Waals surface area contributed by atoms with E-state index >= 15 is 0 Å². The molecule has 1 unspecified atom stereocenters. The van der Waals surface area contributed by atoms with Crippen molar-refractivity contribution in [3.05, 3.63) is 209 Å². The van der Waals surface area contributed by atoms with Gasteiger partial charge in [0, 0.05) is 44.9 Å². The third-order valence-corrected chi connectivity index (χ3v) is 13.1. The lowest BCUT2D eigenvalue weighted by atomic mass is 9.87. The number of para-hydroxylation sites is 1. The molecule has 13 rings (SSSR count). The van der Waals surface area contributed by atoms with Gasteiger partial charge in [-0.05, 0) is 110 Å². The summed E-state index contributed by atoms with van der Waals surface area (Å²) in [7, 11) is 0. The summed E-state index contributed by atoms with van der Waals surface area (Å²) in [5.41, 5.74) is 12.0. The second kappa shape index (κ2) is 13.9. The molecule has 0 fully saturated rings. The molecule has 0 spiro atoms. The van der Waals surface area contributed by atoms with E-state index in [-0.39, 0.29) is 6.17 Å². The SMILES string of the molecule is C1=C(C2N=C(C3=c4ccccc4=C(c4cccc5oc6cc(-c7ccc8ccccc8c7)ccc6c45)CC3)N=C(c3ccc4ccccc4c3)N2)c2c(oc3ccccc23)CC1. The van der Waals surface area contributed by atoms with Gasteiger partial charge in [-0.3, -0.25) is 0 Å². The first kappa shape index (κ1) is 35.0. The number of nitrogens with zero attached hydrogens (tertiary/aromatic N) is 2. The highest BCUT2D eigenvalue weighted by Crippen LogP contribution is 2.40. The zero-order chi connectivity index (χ0) is 40.7. The van der Waals surface area contributed by atoms with Crippen LogP contribution in [0, 0.1) is 0 Å². The molecular weight excluding hydrogens is 759 g/mol. The van der Waals surface area contributed by atoms with E-state index in [4.69, 9.17) is 18.8 Å². The monoisotopic (exact) mass is 797 g/mol. The topological polar surface area (TPSA) is 63.0 Å². The minimum atomic E-state index is -0.348. The van der Waals surface area contributed by atoms with Gasteiger partial charge >= 0.3 is 0 Å². The third kappa shape index (κ3) is 5.62. The minimum absolute atomic E-state index is 0.348. The van der Waals surface area contributed by atoms with Gasteiger partial charge in [0.25, 0.3) is 0 Å². The fourth-order valence-electron chi connectivity index (χ4n) is 10.2. The standard InChI is InChI=1S/C57H39N3O2/c1-3-13-36-31-38(25-23-34(36)11-1)39-27-28-47-52(33-39)62-50-21-9-18-44(53(47)50)43-29-30-45(42-16-6-5-15-41(42)43)56-58-55(40-26-24-35-12-2-4-14-37(35)32-40)59-57(60-56)48-19-10-22-51-54(48)46-17-7-8-20-49(46)61-51/h1-9,11-21,23-28,31-33,57H,10,22,29-30H2,(H,58,59,60). The van der Waals surface area contributed by atoms with Crippen molar-refractivity contribution in [1.82, 2.24) is 5.32 Å². The summed E-state index contributed by atoms with van der Waals surface area (Å²) in [5.74, 6) is 2.62. The Kier molecular flexibility index (Phi) is 7.86. The highest BCUT2D eigenvalue weighted by atomic mass is 16.3. The molecule has 5 nitrogen and oxygen atoms in total. The van der Waals surface area contributed by atoms with Crippen LogP contribution in [-0.4, -0.2) is 17.8 Å². The minimum Gasteiger partial charge on any atom is -0.460 e. The molecule has 1 atom stereocenters. The maximum atomic E-state index is 6.66. The van der Waals surface area contributed by atoms with Crippen molar-refractivity contribution in [2.24, 2.45) is 9.98 Å². The fraction of sp³-hybridized carbons (Fsp3) is 0.0877.